The average Bonchev–Trinajstić information content (AvgIpc) is 3.45. The van der Waals surface area contributed by atoms with Crippen LogP contribution in [0, 0.1) is 5.92 Å². The van der Waals surface area contributed by atoms with E-state index >= 15 is 0 Å². The van der Waals surface area contributed by atoms with Crippen LogP contribution in [0.5, 0.6) is 0 Å². The van der Waals surface area contributed by atoms with E-state index in [1.807, 2.05) is 22.8 Å². The van der Waals surface area contributed by atoms with E-state index in [2.05, 4.69) is 48.3 Å². The lowest BCUT2D eigenvalue weighted by Crippen LogP contribution is -2.30. The number of aromatic nitrogens is 4. The summed E-state index contributed by atoms with van der Waals surface area (Å²) in [5.74, 6) is 2.58. The number of hydrogen-bond donors (Lipinski definition) is 1. The zero-order valence-electron chi connectivity index (χ0n) is 18.1. The van der Waals surface area contributed by atoms with Crippen LogP contribution in [-0.2, 0) is 19.5 Å². The van der Waals surface area contributed by atoms with Gasteiger partial charge in [-0.25, -0.2) is 9.97 Å². The van der Waals surface area contributed by atoms with E-state index in [0.29, 0.717) is 23.5 Å². The molecular formula is C24H28N6O. The van der Waals surface area contributed by atoms with Gasteiger partial charge in [0.15, 0.2) is 11.4 Å². The highest BCUT2D eigenvalue weighted by molar-refractivity contribution is 5.58. The Hall–Kier alpha value is -3.19. The van der Waals surface area contributed by atoms with E-state index < -0.39 is 0 Å². The Kier molecular flexibility index (Phi) is 5.42. The van der Waals surface area contributed by atoms with Crippen molar-refractivity contribution in [2.24, 2.45) is 5.92 Å². The van der Waals surface area contributed by atoms with Gasteiger partial charge in [0.05, 0.1) is 6.26 Å². The maximum Gasteiger partial charge on any atom is 0.225 e. The number of nitrogens with zero attached hydrogens (tertiary/aromatic N) is 5. The first-order chi connectivity index (χ1) is 15.2. The molecule has 4 aromatic rings. The van der Waals surface area contributed by atoms with E-state index in [-0.39, 0.29) is 0 Å². The number of hydrogen-bond acceptors (Lipinski definition) is 6. The standard InChI is InChI=1S/C24H28N6O/c1-17(2)9-11-25-24-26-14-20(16-29-12-10-18-6-3-4-7-19(18)15-29)23-27-22(28-30(23)24)21-8-5-13-31-21/h3-8,13-14,17H,9-12,15-16H2,1-2H3,(H,25,26). The Labute approximate surface area is 182 Å². The molecule has 4 heterocycles. The Morgan fingerprint density at radius 1 is 1.13 bits per heavy atom. The number of anilines is 1. The van der Waals surface area contributed by atoms with Crippen molar-refractivity contribution >= 4 is 11.6 Å². The van der Waals surface area contributed by atoms with Crippen molar-refractivity contribution in [3.63, 3.8) is 0 Å². The van der Waals surface area contributed by atoms with Crippen LogP contribution in [0.25, 0.3) is 17.2 Å². The largest absolute Gasteiger partial charge is 0.461 e. The van der Waals surface area contributed by atoms with Crippen LogP contribution in [0.1, 0.15) is 37.0 Å². The summed E-state index contributed by atoms with van der Waals surface area (Å²) in [4.78, 5) is 12.0. The lowest BCUT2D eigenvalue weighted by Gasteiger charge is -2.28. The van der Waals surface area contributed by atoms with Crippen LogP contribution < -0.4 is 5.32 Å². The molecule has 1 N–H and O–H groups in total. The van der Waals surface area contributed by atoms with Gasteiger partial charge in [-0.2, -0.15) is 4.52 Å². The van der Waals surface area contributed by atoms with Gasteiger partial charge in [-0.1, -0.05) is 38.1 Å². The van der Waals surface area contributed by atoms with Gasteiger partial charge in [-0.3, -0.25) is 4.90 Å². The minimum absolute atomic E-state index is 0.579. The van der Waals surface area contributed by atoms with Gasteiger partial charge in [-0.15, -0.1) is 5.10 Å². The fraction of sp³-hybridized carbons (Fsp3) is 0.375. The summed E-state index contributed by atoms with van der Waals surface area (Å²) in [5, 5.41) is 8.14. The second kappa shape index (κ2) is 8.51. The summed E-state index contributed by atoms with van der Waals surface area (Å²) in [6.45, 7) is 8.03. The number of rotatable bonds is 7. The van der Waals surface area contributed by atoms with Gasteiger partial charge in [-0.05, 0) is 42.0 Å². The molecule has 7 heteroatoms. The summed E-state index contributed by atoms with van der Waals surface area (Å²) >= 11 is 0. The predicted molar refractivity (Wildman–Crippen MR) is 121 cm³/mol. The van der Waals surface area contributed by atoms with Crippen molar-refractivity contribution in [2.45, 2.75) is 39.8 Å². The normalized spacial score (nSPS) is 14.3. The SMILES string of the molecule is CC(C)CCNc1ncc(CN2CCc3ccccc3C2)c2nc(-c3ccco3)nn12. The minimum atomic E-state index is 0.579. The highest BCUT2D eigenvalue weighted by Gasteiger charge is 2.20. The fourth-order valence-corrected chi connectivity index (χ4v) is 4.06. The topological polar surface area (TPSA) is 71.5 Å². The van der Waals surface area contributed by atoms with E-state index in [0.717, 1.165) is 50.2 Å². The summed E-state index contributed by atoms with van der Waals surface area (Å²) in [6, 6.07) is 12.4. The van der Waals surface area contributed by atoms with Gasteiger partial charge in [0.2, 0.25) is 11.8 Å². The van der Waals surface area contributed by atoms with Crippen molar-refractivity contribution in [2.75, 3.05) is 18.4 Å². The fourth-order valence-electron chi connectivity index (χ4n) is 4.06. The molecular weight excluding hydrogens is 388 g/mol. The molecule has 1 aliphatic heterocycles. The van der Waals surface area contributed by atoms with Crippen LogP contribution in [0.3, 0.4) is 0 Å². The van der Waals surface area contributed by atoms with Crippen LogP contribution >= 0.6 is 0 Å². The van der Waals surface area contributed by atoms with Crippen LogP contribution in [0.2, 0.25) is 0 Å². The first-order valence-electron chi connectivity index (χ1n) is 11.0. The third-order valence-corrected chi connectivity index (χ3v) is 5.79. The Morgan fingerprint density at radius 3 is 2.81 bits per heavy atom. The molecule has 5 rings (SSSR count). The maximum atomic E-state index is 5.54. The molecule has 0 saturated carbocycles. The maximum absolute atomic E-state index is 5.54. The number of fused-ring (bicyclic) bond motifs is 2. The average molecular weight is 417 g/mol. The summed E-state index contributed by atoms with van der Waals surface area (Å²) in [7, 11) is 0. The Bertz CT molecular complexity index is 1160. The molecule has 0 saturated heterocycles. The van der Waals surface area contributed by atoms with Crippen molar-refractivity contribution in [1.82, 2.24) is 24.5 Å². The van der Waals surface area contributed by atoms with E-state index in [4.69, 9.17) is 19.5 Å². The summed E-state index contributed by atoms with van der Waals surface area (Å²) in [5.41, 5.74) is 4.75. The van der Waals surface area contributed by atoms with Crippen molar-refractivity contribution in [3.05, 3.63) is 65.5 Å². The van der Waals surface area contributed by atoms with Gasteiger partial charge >= 0.3 is 0 Å². The van der Waals surface area contributed by atoms with Crippen LogP contribution in [0.15, 0.2) is 53.3 Å². The Morgan fingerprint density at radius 2 is 2.00 bits per heavy atom. The summed E-state index contributed by atoms with van der Waals surface area (Å²) < 4.78 is 7.37. The van der Waals surface area contributed by atoms with E-state index in [1.165, 1.54) is 11.1 Å². The summed E-state index contributed by atoms with van der Waals surface area (Å²) in [6.07, 6.45) is 5.72. The molecule has 0 atom stereocenters. The van der Waals surface area contributed by atoms with Crippen molar-refractivity contribution < 1.29 is 4.42 Å². The van der Waals surface area contributed by atoms with Crippen molar-refractivity contribution in [3.8, 4) is 11.6 Å². The third-order valence-electron chi connectivity index (χ3n) is 5.79. The predicted octanol–water partition coefficient (Wildman–Crippen LogP) is 4.40. The molecule has 0 spiro atoms. The van der Waals surface area contributed by atoms with Crippen molar-refractivity contribution in [1.29, 1.82) is 0 Å². The second-order valence-electron chi connectivity index (χ2n) is 8.59. The molecule has 0 unspecified atom stereocenters. The van der Waals surface area contributed by atoms with Gasteiger partial charge in [0.25, 0.3) is 0 Å². The molecule has 7 nitrogen and oxygen atoms in total. The van der Waals surface area contributed by atoms with E-state index in [9.17, 15) is 0 Å². The van der Waals surface area contributed by atoms with Gasteiger partial charge in [0.1, 0.15) is 0 Å². The minimum Gasteiger partial charge on any atom is -0.461 e. The Balaban J connectivity index is 1.45. The molecule has 0 fully saturated rings. The lowest BCUT2D eigenvalue weighted by molar-refractivity contribution is 0.246. The third kappa shape index (κ3) is 4.18. The number of furan rings is 1. The first kappa shape index (κ1) is 19.8. The lowest BCUT2D eigenvalue weighted by atomic mass is 10.00. The molecule has 0 radical (unpaired) electrons. The molecule has 1 aromatic carbocycles. The number of benzene rings is 1. The zero-order valence-corrected chi connectivity index (χ0v) is 18.1. The van der Waals surface area contributed by atoms with E-state index in [1.54, 1.807) is 6.26 Å². The van der Waals surface area contributed by atoms with Gasteiger partial charge < -0.3 is 9.73 Å². The first-order valence-corrected chi connectivity index (χ1v) is 11.0. The molecule has 160 valence electrons. The highest BCUT2D eigenvalue weighted by atomic mass is 16.3. The smallest absolute Gasteiger partial charge is 0.225 e. The van der Waals surface area contributed by atoms with Gasteiger partial charge in [0, 0.05) is 37.9 Å². The molecule has 0 aliphatic carbocycles. The molecule has 0 bridgehead atoms. The molecule has 31 heavy (non-hydrogen) atoms. The number of nitrogens with one attached hydrogen (secondary N) is 1. The molecule has 1 aliphatic rings. The quantitative estimate of drug-likeness (QED) is 0.481. The van der Waals surface area contributed by atoms with Crippen LogP contribution in [0.4, 0.5) is 5.95 Å². The second-order valence-corrected chi connectivity index (χ2v) is 8.59. The highest BCUT2D eigenvalue weighted by Crippen LogP contribution is 2.24. The molecule has 3 aromatic heterocycles. The molecule has 0 amide bonds. The zero-order chi connectivity index (χ0) is 21.2. The van der Waals surface area contributed by atoms with Crippen LogP contribution in [-0.4, -0.2) is 37.6 Å². The monoisotopic (exact) mass is 416 g/mol.